The van der Waals surface area contributed by atoms with Crippen molar-refractivity contribution in [3.8, 4) is 0 Å². The number of likely N-dealkylation sites (tertiary alicyclic amines) is 1. The van der Waals surface area contributed by atoms with Gasteiger partial charge in [0.1, 0.15) is 11.6 Å². The van der Waals surface area contributed by atoms with Gasteiger partial charge in [0.15, 0.2) is 8.32 Å². The highest BCUT2D eigenvalue weighted by Gasteiger charge is 2.46. The molecule has 2 atom stereocenters. The lowest BCUT2D eigenvalue weighted by Gasteiger charge is -2.38. The first-order chi connectivity index (χ1) is 10.7. The quantitative estimate of drug-likeness (QED) is 0.349. The highest BCUT2D eigenvalue weighted by atomic mass is 28.4. The molecule has 1 heterocycles. The molecule has 0 spiro atoms. The number of nitrogens with zero attached hydrogens (tertiary/aromatic N) is 1. The van der Waals surface area contributed by atoms with E-state index >= 15 is 0 Å². The Hall–Kier alpha value is -1.12. The Morgan fingerprint density at radius 3 is 2.12 bits per heavy atom. The molecule has 0 aliphatic carbocycles. The summed E-state index contributed by atoms with van der Waals surface area (Å²) in [5.74, 6) is 4.87. The molecule has 0 aromatic carbocycles. The van der Waals surface area contributed by atoms with E-state index in [4.69, 9.17) is 15.0 Å². The van der Waals surface area contributed by atoms with Gasteiger partial charge in [-0.15, -0.1) is 0 Å². The average Bonchev–Trinajstić information content (AvgIpc) is 2.77. The minimum atomic E-state index is -2.00. The highest BCUT2D eigenvalue weighted by molar-refractivity contribution is 6.74. The molecule has 0 aromatic rings. The summed E-state index contributed by atoms with van der Waals surface area (Å²) in [4.78, 5) is 25.9. The predicted molar refractivity (Wildman–Crippen MR) is 95.7 cm³/mol. The van der Waals surface area contributed by atoms with Crippen LogP contribution in [0.4, 0.5) is 4.79 Å². The number of nitrogens with one attached hydrogen (secondary N) is 1. The zero-order valence-electron chi connectivity index (χ0n) is 16.2. The highest BCUT2D eigenvalue weighted by Crippen LogP contribution is 2.39. The largest absolute Gasteiger partial charge is 0.444 e. The van der Waals surface area contributed by atoms with Crippen LogP contribution in [0.25, 0.3) is 0 Å². The van der Waals surface area contributed by atoms with Gasteiger partial charge >= 0.3 is 6.09 Å². The van der Waals surface area contributed by atoms with E-state index in [2.05, 4.69) is 39.3 Å². The Labute approximate surface area is 146 Å². The Kier molecular flexibility index (Phi) is 6.11. The molecule has 140 valence electrons. The zero-order chi connectivity index (χ0) is 18.9. The summed E-state index contributed by atoms with van der Waals surface area (Å²) < 4.78 is 11.8. The summed E-state index contributed by atoms with van der Waals surface area (Å²) in [6.07, 6.45) is -0.285. The molecule has 8 heteroatoms. The third kappa shape index (κ3) is 5.19. The van der Waals surface area contributed by atoms with Gasteiger partial charge in [0.25, 0.3) is 5.91 Å². The van der Waals surface area contributed by atoms with E-state index < -0.39 is 32.0 Å². The Morgan fingerprint density at radius 1 is 1.17 bits per heavy atom. The number of ether oxygens (including phenoxy) is 1. The molecule has 0 radical (unpaired) electrons. The van der Waals surface area contributed by atoms with Gasteiger partial charge in [-0.25, -0.2) is 10.6 Å². The van der Waals surface area contributed by atoms with E-state index in [-0.39, 0.29) is 11.1 Å². The van der Waals surface area contributed by atoms with Gasteiger partial charge in [0.05, 0.1) is 6.10 Å². The first-order valence-corrected chi connectivity index (χ1v) is 11.3. The monoisotopic (exact) mass is 359 g/mol. The van der Waals surface area contributed by atoms with Crippen molar-refractivity contribution in [1.29, 1.82) is 0 Å². The van der Waals surface area contributed by atoms with Crippen molar-refractivity contribution in [3.05, 3.63) is 0 Å². The molecule has 0 unspecified atom stereocenters. The van der Waals surface area contributed by atoms with Gasteiger partial charge in [-0.1, -0.05) is 20.8 Å². The van der Waals surface area contributed by atoms with Crippen LogP contribution in [-0.4, -0.2) is 49.5 Å². The molecule has 1 aliphatic rings. The minimum absolute atomic E-state index is 0.0535. The van der Waals surface area contributed by atoms with E-state index in [1.807, 2.05) is 0 Å². The lowest BCUT2D eigenvalue weighted by atomic mass is 10.2. The smallest absolute Gasteiger partial charge is 0.411 e. The normalized spacial score (nSPS) is 22.5. The molecule has 1 aliphatic heterocycles. The van der Waals surface area contributed by atoms with Gasteiger partial charge in [-0.2, -0.15) is 0 Å². The SMILES string of the molecule is CC(C)(C)OC(=O)N1C[C@H](O[Si](C)(C)C(C)(C)C)C[C@H]1C(=O)NN. The van der Waals surface area contributed by atoms with E-state index in [0.717, 1.165) is 0 Å². The van der Waals surface area contributed by atoms with E-state index in [9.17, 15) is 9.59 Å². The van der Waals surface area contributed by atoms with Gasteiger partial charge < -0.3 is 9.16 Å². The first kappa shape index (κ1) is 20.9. The molecule has 7 nitrogen and oxygen atoms in total. The van der Waals surface area contributed by atoms with Crippen molar-refractivity contribution >= 4 is 20.3 Å². The van der Waals surface area contributed by atoms with Crippen LogP contribution >= 0.6 is 0 Å². The molecule has 3 N–H and O–H groups in total. The second-order valence-electron chi connectivity index (χ2n) is 8.89. The maximum absolute atomic E-state index is 12.4. The summed E-state index contributed by atoms with van der Waals surface area (Å²) in [5, 5.41) is 0.0535. The van der Waals surface area contributed by atoms with Crippen LogP contribution < -0.4 is 11.3 Å². The number of carbonyl (C=O) groups excluding carboxylic acids is 2. The summed E-state index contributed by atoms with van der Waals surface area (Å²) in [5.41, 5.74) is 1.51. The standard InChI is InChI=1S/C16H33N3O4Si/c1-15(2,3)22-14(21)19-10-11(9-12(19)13(20)18-17)23-24(7,8)16(4,5)6/h11-12H,9-10,17H2,1-8H3,(H,18,20)/t11-,12+/m1/s1. The fourth-order valence-corrected chi connectivity index (χ4v) is 3.70. The third-order valence-electron chi connectivity index (χ3n) is 4.60. The Morgan fingerprint density at radius 2 is 1.71 bits per heavy atom. The predicted octanol–water partition coefficient (Wildman–Crippen LogP) is 2.38. The fraction of sp³-hybridized carbons (Fsp3) is 0.875. The first-order valence-electron chi connectivity index (χ1n) is 8.36. The van der Waals surface area contributed by atoms with E-state index in [1.165, 1.54) is 4.90 Å². The number of hydrogen-bond donors (Lipinski definition) is 2. The van der Waals surface area contributed by atoms with Crippen LogP contribution in [0.1, 0.15) is 48.0 Å². The van der Waals surface area contributed by atoms with Gasteiger partial charge in [-0.05, 0) is 38.9 Å². The second kappa shape index (κ2) is 7.01. The Bertz CT molecular complexity index is 483. The number of hydrogen-bond acceptors (Lipinski definition) is 5. The van der Waals surface area contributed by atoms with Gasteiger partial charge in [0, 0.05) is 13.0 Å². The van der Waals surface area contributed by atoms with Crippen molar-refractivity contribution in [2.24, 2.45) is 5.84 Å². The summed E-state index contributed by atoms with van der Waals surface area (Å²) in [6.45, 7) is 16.5. The van der Waals surface area contributed by atoms with Gasteiger partial charge in [-0.3, -0.25) is 15.1 Å². The molecule has 1 saturated heterocycles. The molecule has 0 aromatic heterocycles. The van der Waals surface area contributed by atoms with Crippen molar-refractivity contribution in [2.75, 3.05) is 6.54 Å². The second-order valence-corrected chi connectivity index (χ2v) is 13.6. The van der Waals surface area contributed by atoms with E-state index in [1.54, 1.807) is 20.8 Å². The van der Waals surface area contributed by atoms with Crippen LogP contribution in [0, 0.1) is 0 Å². The molecular formula is C16H33N3O4Si. The number of amides is 2. The van der Waals surface area contributed by atoms with Crippen LogP contribution in [0.3, 0.4) is 0 Å². The van der Waals surface area contributed by atoms with Crippen molar-refractivity contribution in [1.82, 2.24) is 10.3 Å². The zero-order valence-corrected chi connectivity index (χ0v) is 17.2. The Balaban J connectivity index is 2.92. The lowest BCUT2D eigenvalue weighted by molar-refractivity contribution is -0.125. The van der Waals surface area contributed by atoms with Crippen LogP contribution in [-0.2, 0) is 14.0 Å². The number of rotatable bonds is 3. The molecule has 0 bridgehead atoms. The average molecular weight is 360 g/mol. The van der Waals surface area contributed by atoms with Crippen LogP contribution in [0.15, 0.2) is 0 Å². The molecule has 2 amide bonds. The molecule has 0 saturated carbocycles. The van der Waals surface area contributed by atoms with Crippen molar-refractivity contribution in [2.45, 2.75) is 83.8 Å². The van der Waals surface area contributed by atoms with E-state index in [0.29, 0.717) is 13.0 Å². The van der Waals surface area contributed by atoms with Crippen LogP contribution in [0.5, 0.6) is 0 Å². The van der Waals surface area contributed by atoms with Gasteiger partial charge in [0.2, 0.25) is 0 Å². The summed E-state index contributed by atoms with van der Waals surface area (Å²) >= 11 is 0. The molecule has 1 rings (SSSR count). The number of nitrogens with two attached hydrogens (primary N) is 1. The maximum Gasteiger partial charge on any atom is 0.411 e. The lowest BCUT2D eigenvalue weighted by Crippen LogP contribution is -2.49. The third-order valence-corrected chi connectivity index (χ3v) is 9.14. The summed E-state index contributed by atoms with van der Waals surface area (Å²) in [6, 6.07) is -0.667. The van der Waals surface area contributed by atoms with Crippen molar-refractivity contribution < 1.29 is 18.8 Å². The van der Waals surface area contributed by atoms with Crippen LogP contribution in [0.2, 0.25) is 18.1 Å². The maximum atomic E-state index is 12.4. The summed E-state index contributed by atoms with van der Waals surface area (Å²) in [7, 11) is -2.00. The molecular weight excluding hydrogens is 326 g/mol. The molecule has 1 fully saturated rings. The topological polar surface area (TPSA) is 93.9 Å². The minimum Gasteiger partial charge on any atom is -0.444 e. The number of carbonyl (C=O) groups is 2. The molecule has 24 heavy (non-hydrogen) atoms. The fourth-order valence-electron chi connectivity index (χ4n) is 2.34. The van der Waals surface area contributed by atoms with Crippen molar-refractivity contribution in [3.63, 3.8) is 0 Å². The number of hydrazine groups is 1.